The van der Waals surface area contributed by atoms with Gasteiger partial charge in [0.05, 0.1) is 11.1 Å². The van der Waals surface area contributed by atoms with Gasteiger partial charge in [-0.3, -0.25) is 0 Å². The van der Waals surface area contributed by atoms with E-state index in [1.54, 1.807) is 0 Å². The number of carboxylic acids is 2. The second-order valence-electron chi connectivity index (χ2n) is 3.88. The van der Waals surface area contributed by atoms with E-state index >= 15 is 0 Å². The van der Waals surface area contributed by atoms with E-state index in [1.165, 1.54) is 0 Å². The third-order valence-electron chi connectivity index (χ3n) is 2.61. The van der Waals surface area contributed by atoms with Crippen LogP contribution < -0.4 is 0 Å². The lowest BCUT2D eigenvalue weighted by Crippen LogP contribution is -2.44. The molecular weight excluding hydrogens is 342 g/mol. The maximum Gasteiger partial charge on any atom is 0.432 e. The van der Waals surface area contributed by atoms with E-state index in [9.17, 15) is 35.9 Å². The zero-order chi connectivity index (χ0) is 16.6. The predicted molar refractivity (Wildman–Crippen MR) is 62.4 cm³/mol. The summed E-state index contributed by atoms with van der Waals surface area (Å²) >= 11 is 0. The van der Waals surface area contributed by atoms with Gasteiger partial charge < -0.3 is 21.2 Å². The topological polar surface area (TPSA) is 138 Å². The van der Waals surface area contributed by atoms with Crippen molar-refractivity contribution in [1.82, 2.24) is 0 Å². The van der Waals surface area contributed by atoms with Gasteiger partial charge in [-0.15, -0.1) is 0 Å². The molecule has 0 aliphatic rings. The van der Waals surface area contributed by atoms with Gasteiger partial charge in [-0.1, -0.05) is 6.07 Å². The average Bonchev–Trinajstić information content (AvgIpc) is 2.35. The third-order valence-corrected chi connectivity index (χ3v) is 2.61. The van der Waals surface area contributed by atoms with Crippen LogP contribution in [-0.4, -0.2) is 45.7 Å². The molecule has 0 radical (unpaired) electrons. The first-order valence-corrected chi connectivity index (χ1v) is 5.07. The minimum atomic E-state index is -6.01. The molecule has 12 heteroatoms. The summed E-state index contributed by atoms with van der Waals surface area (Å²) in [6, 6.07) is 0.421. The summed E-state index contributed by atoms with van der Waals surface area (Å²) in [5, 5.41) is 17.3. The molecule has 0 saturated carbocycles. The SMILES string of the molecule is O.O.O=C(O)c1ccc(C(F)(C(F)F)C(F)(F)F)cc1C(=O)O. The molecule has 132 valence electrons. The van der Waals surface area contributed by atoms with Crippen LogP contribution >= 0.6 is 0 Å². The van der Waals surface area contributed by atoms with Crippen molar-refractivity contribution in [3.63, 3.8) is 0 Å². The Bertz CT molecular complexity index is 587. The maximum absolute atomic E-state index is 13.7. The van der Waals surface area contributed by atoms with Crippen molar-refractivity contribution < 1.29 is 57.1 Å². The number of carbonyl (C=O) groups is 2. The number of benzene rings is 1. The van der Waals surface area contributed by atoms with E-state index in [1.807, 2.05) is 0 Å². The summed E-state index contributed by atoms with van der Waals surface area (Å²) in [6.07, 6.45) is -10.5. The fourth-order valence-corrected chi connectivity index (χ4v) is 1.55. The second-order valence-corrected chi connectivity index (χ2v) is 3.88. The van der Waals surface area contributed by atoms with E-state index in [0.717, 1.165) is 0 Å². The normalized spacial score (nSPS) is 13.5. The summed E-state index contributed by atoms with van der Waals surface area (Å²) < 4.78 is 76.3. The Balaban J connectivity index is 0. The van der Waals surface area contributed by atoms with Gasteiger partial charge >= 0.3 is 18.1 Å². The van der Waals surface area contributed by atoms with Gasteiger partial charge in [0.15, 0.2) is 0 Å². The highest BCUT2D eigenvalue weighted by atomic mass is 19.4. The number of alkyl halides is 6. The van der Waals surface area contributed by atoms with Crippen LogP contribution in [0, 0.1) is 0 Å². The molecule has 0 aliphatic carbocycles. The van der Waals surface area contributed by atoms with Crippen LogP contribution in [-0.2, 0) is 5.67 Å². The van der Waals surface area contributed by atoms with Crippen LogP contribution in [0.15, 0.2) is 18.2 Å². The van der Waals surface area contributed by atoms with E-state index in [2.05, 4.69) is 0 Å². The van der Waals surface area contributed by atoms with Crippen molar-refractivity contribution in [2.24, 2.45) is 0 Å². The fourth-order valence-electron chi connectivity index (χ4n) is 1.55. The highest BCUT2D eigenvalue weighted by molar-refractivity contribution is 6.01. The number of rotatable bonds is 4. The number of hydrogen-bond donors (Lipinski definition) is 2. The summed E-state index contributed by atoms with van der Waals surface area (Å²) in [5.41, 5.74) is -8.97. The smallest absolute Gasteiger partial charge is 0.432 e. The van der Waals surface area contributed by atoms with E-state index in [4.69, 9.17) is 10.2 Å². The molecular formula is C11H10F6O6. The van der Waals surface area contributed by atoms with Crippen LogP contribution in [0.2, 0.25) is 0 Å². The lowest BCUT2D eigenvalue weighted by molar-refractivity contribution is -0.274. The molecule has 1 aromatic rings. The first-order chi connectivity index (χ1) is 9.42. The van der Waals surface area contributed by atoms with Crippen molar-refractivity contribution >= 4 is 11.9 Å². The van der Waals surface area contributed by atoms with E-state index < -0.39 is 46.9 Å². The first-order valence-electron chi connectivity index (χ1n) is 5.07. The van der Waals surface area contributed by atoms with Crippen molar-refractivity contribution in [2.45, 2.75) is 18.3 Å². The van der Waals surface area contributed by atoms with Gasteiger partial charge in [-0.2, -0.15) is 13.2 Å². The maximum atomic E-state index is 13.7. The van der Waals surface area contributed by atoms with Crippen LogP contribution in [0.1, 0.15) is 26.3 Å². The minimum Gasteiger partial charge on any atom is -0.478 e. The Hall–Kier alpha value is -2.34. The predicted octanol–water partition coefficient (Wildman–Crippen LogP) is 1.43. The second kappa shape index (κ2) is 7.28. The van der Waals surface area contributed by atoms with Gasteiger partial charge in [-0.25, -0.2) is 22.8 Å². The summed E-state index contributed by atoms with van der Waals surface area (Å²) in [5.74, 6) is -3.81. The van der Waals surface area contributed by atoms with Gasteiger partial charge in [0, 0.05) is 5.56 Å². The highest BCUT2D eigenvalue weighted by Crippen LogP contribution is 2.47. The molecule has 0 spiro atoms. The highest BCUT2D eigenvalue weighted by Gasteiger charge is 2.64. The zero-order valence-corrected chi connectivity index (χ0v) is 10.8. The molecule has 0 saturated heterocycles. The minimum absolute atomic E-state index is 0. The standard InChI is InChI=1S/C11H6F6O4.2H2O/c12-9(13)10(14,11(15,16)17)4-1-2-5(7(18)19)6(3-4)8(20)21;;/h1-3,9H,(H,18,19)(H,20,21);2*1H2. The molecule has 6 nitrogen and oxygen atoms in total. The Labute approximate surface area is 123 Å². The molecule has 0 aliphatic heterocycles. The molecule has 6 N–H and O–H groups in total. The number of hydrogen-bond acceptors (Lipinski definition) is 2. The molecule has 1 rings (SSSR count). The third kappa shape index (κ3) is 3.90. The van der Waals surface area contributed by atoms with Gasteiger partial charge in [0.25, 0.3) is 12.1 Å². The van der Waals surface area contributed by atoms with Gasteiger partial charge in [0.1, 0.15) is 0 Å². The number of halogens is 6. The molecule has 0 amide bonds. The molecule has 0 aromatic heterocycles. The zero-order valence-electron chi connectivity index (χ0n) is 10.8. The van der Waals surface area contributed by atoms with Crippen molar-refractivity contribution in [2.75, 3.05) is 0 Å². The van der Waals surface area contributed by atoms with Gasteiger partial charge in [0.2, 0.25) is 0 Å². The molecule has 1 aromatic carbocycles. The first kappa shape index (κ1) is 22.9. The fraction of sp³-hybridized carbons (Fsp3) is 0.273. The van der Waals surface area contributed by atoms with Crippen LogP contribution in [0.25, 0.3) is 0 Å². The van der Waals surface area contributed by atoms with Crippen molar-refractivity contribution in [1.29, 1.82) is 0 Å². The molecule has 1 unspecified atom stereocenters. The Morgan fingerprint density at radius 1 is 0.913 bits per heavy atom. The van der Waals surface area contributed by atoms with Crippen LogP contribution in [0.5, 0.6) is 0 Å². The number of carboxylic acid groups (broad SMARTS) is 2. The van der Waals surface area contributed by atoms with Gasteiger partial charge in [-0.05, 0) is 12.1 Å². The largest absolute Gasteiger partial charge is 0.478 e. The van der Waals surface area contributed by atoms with E-state index in [0.29, 0.717) is 6.07 Å². The summed E-state index contributed by atoms with van der Waals surface area (Å²) in [6.45, 7) is 0. The Kier molecular flexibility index (Phi) is 7.26. The van der Waals surface area contributed by atoms with Crippen LogP contribution in [0.4, 0.5) is 26.3 Å². The average molecular weight is 352 g/mol. The summed E-state index contributed by atoms with van der Waals surface area (Å²) in [4.78, 5) is 21.5. The molecule has 0 bridgehead atoms. The molecule has 0 heterocycles. The van der Waals surface area contributed by atoms with Crippen LogP contribution in [0.3, 0.4) is 0 Å². The number of aromatic carboxylic acids is 2. The quantitative estimate of drug-likeness (QED) is 0.792. The monoisotopic (exact) mass is 352 g/mol. The Morgan fingerprint density at radius 3 is 1.65 bits per heavy atom. The molecule has 0 fully saturated rings. The van der Waals surface area contributed by atoms with E-state index in [-0.39, 0.29) is 23.1 Å². The van der Waals surface area contributed by atoms with Crippen molar-refractivity contribution in [3.8, 4) is 0 Å². The lowest BCUT2D eigenvalue weighted by Gasteiger charge is -2.27. The Morgan fingerprint density at radius 2 is 1.35 bits per heavy atom. The summed E-state index contributed by atoms with van der Waals surface area (Å²) in [7, 11) is 0. The molecule has 23 heavy (non-hydrogen) atoms. The van der Waals surface area contributed by atoms with Crippen molar-refractivity contribution in [3.05, 3.63) is 34.9 Å². The molecule has 1 atom stereocenters. The lowest BCUT2D eigenvalue weighted by atomic mass is 9.92.